The molecule has 0 saturated heterocycles. The number of nitrogens with one attached hydrogen (secondary N) is 1. The summed E-state index contributed by atoms with van der Waals surface area (Å²) < 4.78 is 16.3. The number of pyridine rings is 1. The Morgan fingerprint density at radius 2 is 1.85 bits per heavy atom. The second-order valence-corrected chi connectivity index (χ2v) is 6.02. The number of para-hydroxylation sites is 1. The molecule has 0 atom stereocenters. The van der Waals surface area contributed by atoms with Crippen molar-refractivity contribution >= 4 is 16.8 Å². The van der Waals surface area contributed by atoms with Crippen LogP contribution in [0.4, 0.5) is 0 Å². The zero-order valence-electron chi connectivity index (χ0n) is 15.6. The van der Waals surface area contributed by atoms with Crippen LogP contribution in [0.25, 0.3) is 10.9 Å². The molecule has 6 nitrogen and oxygen atoms in total. The summed E-state index contributed by atoms with van der Waals surface area (Å²) in [6.07, 6.45) is 0. The molecule has 1 amide bonds. The van der Waals surface area contributed by atoms with Crippen molar-refractivity contribution in [2.45, 2.75) is 13.5 Å². The Balaban J connectivity index is 1.68. The smallest absolute Gasteiger partial charge is 0.258 e. The van der Waals surface area contributed by atoms with Crippen LogP contribution in [0.1, 0.15) is 11.3 Å². The van der Waals surface area contributed by atoms with Crippen molar-refractivity contribution in [2.75, 3.05) is 20.8 Å². The molecule has 0 radical (unpaired) electrons. The summed E-state index contributed by atoms with van der Waals surface area (Å²) in [6.45, 7) is 2.17. The number of benzene rings is 2. The van der Waals surface area contributed by atoms with Gasteiger partial charge in [0.25, 0.3) is 5.91 Å². The van der Waals surface area contributed by atoms with E-state index in [2.05, 4.69) is 10.3 Å². The number of amides is 1. The van der Waals surface area contributed by atoms with E-state index in [1.807, 2.05) is 55.5 Å². The van der Waals surface area contributed by atoms with Crippen LogP contribution in [0.2, 0.25) is 0 Å². The number of hydrogen-bond donors (Lipinski definition) is 1. The molecule has 2 aromatic carbocycles. The Labute approximate surface area is 158 Å². The molecule has 1 aromatic heterocycles. The van der Waals surface area contributed by atoms with Crippen LogP contribution in [0.15, 0.2) is 48.5 Å². The molecule has 0 bridgehead atoms. The monoisotopic (exact) mass is 366 g/mol. The van der Waals surface area contributed by atoms with Crippen LogP contribution in [-0.4, -0.2) is 31.7 Å². The topological polar surface area (TPSA) is 69.7 Å². The van der Waals surface area contributed by atoms with Gasteiger partial charge in [0.15, 0.2) is 6.61 Å². The Morgan fingerprint density at radius 1 is 1.04 bits per heavy atom. The largest absolute Gasteiger partial charge is 0.497 e. The third kappa shape index (κ3) is 4.47. The van der Waals surface area contributed by atoms with Gasteiger partial charge in [-0.1, -0.05) is 18.2 Å². The fourth-order valence-corrected chi connectivity index (χ4v) is 2.78. The maximum absolute atomic E-state index is 12.2. The van der Waals surface area contributed by atoms with E-state index in [0.717, 1.165) is 27.9 Å². The summed E-state index contributed by atoms with van der Waals surface area (Å²) in [7, 11) is 3.21. The quantitative estimate of drug-likeness (QED) is 0.695. The number of fused-ring (bicyclic) bond motifs is 1. The highest BCUT2D eigenvalue weighted by molar-refractivity contribution is 5.87. The van der Waals surface area contributed by atoms with Crippen molar-refractivity contribution < 1.29 is 19.0 Å². The Kier molecular flexibility index (Phi) is 5.76. The molecular weight excluding hydrogens is 344 g/mol. The van der Waals surface area contributed by atoms with Gasteiger partial charge in [0.2, 0.25) is 0 Å². The van der Waals surface area contributed by atoms with Gasteiger partial charge in [-0.2, -0.15) is 0 Å². The molecule has 1 N–H and O–H groups in total. The number of ether oxygens (including phenoxy) is 3. The van der Waals surface area contributed by atoms with Gasteiger partial charge in [-0.3, -0.25) is 9.78 Å². The summed E-state index contributed by atoms with van der Waals surface area (Å²) in [5.41, 5.74) is 2.51. The predicted molar refractivity (Wildman–Crippen MR) is 103 cm³/mol. The highest BCUT2D eigenvalue weighted by atomic mass is 16.5. The molecule has 1 heterocycles. The highest BCUT2D eigenvalue weighted by Crippen LogP contribution is 2.29. The fraction of sp³-hybridized carbons (Fsp3) is 0.238. The Bertz CT molecular complexity index is 956. The first-order chi connectivity index (χ1) is 13.1. The molecule has 27 heavy (non-hydrogen) atoms. The van der Waals surface area contributed by atoms with E-state index >= 15 is 0 Å². The highest BCUT2D eigenvalue weighted by Gasteiger charge is 2.10. The molecule has 140 valence electrons. The minimum atomic E-state index is -0.216. The summed E-state index contributed by atoms with van der Waals surface area (Å²) >= 11 is 0. The van der Waals surface area contributed by atoms with E-state index in [1.165, 1.54) is 0 Å². The molecule has 0 spiro atoms. The zero-order valence-corrected chi connectivity index (χ0v) is 15.6. The van der Waals surface area contributed by atoms with Crippen LogP contribution in [0, 0.1) is 6.92 Å². The molecule has 6 heteroatoms. The molecule has 3 rings (SSSR count). The summed E-state index contributed by atoms with van der Waals surface area (Å²) in [6, 6.07) is 14.9. The van der Waals surface area contributed by atoms with E-state index in [0.29, 0.717) is 18.0 Å². The number of carbonyl (C=O) groups is 1. The van der Waals surface area contributed by atoms with Crippen molar-refractivity contribution in [3.05, 3.63) is 59.8 Å². The van der Waals surface area contributed by atoms with Gasteiger partial charge in [-0.15, -0.1) is 0 Å². The minimum absolute atomic E-state index is 0.0923. The fourth-order valence-electron chi connectivity index (χ4n) is 2.78. The molecule has 3 aromatic rings. The van der Waals surface area contributed by atoms with Crippen molar-refractivity contribution in [2.24, 2.45) is 0 Å². The lowest BCUT2D eigenvalue weighted by Crippen LogP contribution is -2.28. The van der Waals surface area contributed by atoms with Crippen molar-refractivity contribution in [3.63, 3.8) is 0 Å². The first-order valence-corrected chi connectivity index (χ1v) is 8.57. The average molecular weight is 366 g/mol. The first-order valence-electron chi connectivity index (χ1n) is 8.57. The van der Waals surface area contributed by atoms with Gasteiger partial charge in [-0.05, 0) is 31.2 Å². The average Bonchev–Trinajstić information content (AvgIpc) is 2.70. The summed E-state index contributed by atoms with van der Waals surface area (Å²) in [5.74, 6) is 1.83. The molecule has 0 aliphatic heterocycles. The third-order valence-corrected chi connectivity index (χ3v) is 4.13. The second kappa shape index (κ2) is 8.40. The zero-order chi connectivity index (χ0) is 19.2. The lowest BCUT2D eigenvalue weighted by molar-refractivity contribution is -0.123. The van der Waals surface area contributed by atoms with Crippen LogP contribution >= 0.6 is 0 Å². The van der Waals surface area contributed by atoms with E-state index in [4.69, 9.17) is 14.2 Å². The number of methoxy groups -OCH3 is 2. The van der Waals surface area contributed by atoms with E-state index < -0.39 is 0 Å². The van der Waals surface area contributed by atoms with Gasteiger partial charge in [-0.25, -0.2) is 0 Å². The molecule has 0 fully saturated rings. The maximum atomic E-state index is 12.2. The number of aryl methyl sites for hydroxylation is 1. The molecule has 0 aliphatic carbocycles. The minimum Gasteiger partial charge on any atom is -0.497 e. The Hall–Kier alpha value is -3.28. The SMILES string of the molecule is COc1ccc2nc(C)cc(OCC(=O)NCc3ccccc3OC)c2c1. The van der Waals surface area contributed by atoms with Gasteiger partial charge in [0.1, 0.15) is 17.2 Å². The number of carbonyl (C=O) groups excluding carboxylic acids is 1. The number of hydrogen-bond acceptors (Lipinski definition) is 5. The first kappa shape index (κ1) is 18.5. The van der Waals surface area contributed by atoms with Gasteiger partial charge in [0, 0.05) is 29.3 Å². The molecule has 0 aliphatic rings. The van der Waals surface area contributed by atoms with E-state index in [-0.39, 0.29) is 12.5 Å². The number of aromatic nitrogens is 1. The summed E-state index contributed by atoms with van der Waals surface area (Å²) in [5, 5.41) is 3.65. The molecule has 0 saturated carbocycles. The van der Waals surface area contributed by atoms with Crippen molar-refractivity contribution in [3.8, 4) is 17.2 Å². The lowest BCUT2D eigenvalue weighted by atomic mass is 10.1. The second-order valence-electron chi connectivity index (χ2n) is 6.02. The van der Waals surface area contributed by atoms with Crippen LogP contribution in [0.5, 0.6) is 17.2 Å². The maximum Gasteiger partial charge on any atom is 0.258 e. The normalized spacial score (nSPS) is 10.5. The van der Waals surface area contributed by atoms with Crippen LogP contribution < -0.4 is 19.5 Å². The standard InChI is InChI=1S/C21H22N2O4/c1-14-10-20(17-11-16(25-2)8-9-18(17)23-14)27-13-21(24)22-12-15-6-4-5-7-19(15)26-3/h4-11H,12-13H2,1-3H3,(H,22,24). The van der Waals surface area contributed by atoms with Gasteiger partial charge in [0.05, 0.1) is 19.7 Å². The predicted octanol–water partition coefficient (Wildman–Crippen LogP) is 3.26. The van der Waals surface area contributed by atoms with Crippen molar-refractivity contribution in [1.82, 2.24) is 10.3 Å². The van der Waals surface area contributed by atoms with E-state index in [9.17, 15) is 4.79 Å². The van der Waals surface area contributed by atoms with Gasteiger partial charge >= 0.3 is 0 Å². The lowest BCUT2D eigenvalue weighted by Gasteiger charge is -2.12. The Morgan fingerprint density at radius 3 is 2.63 bits per heavy atom. The molecule has 0 unspecified atom stereocenters. The van der Waals surface area contributed by atoms with Crippen LogP contribution in [-0.2, 0) is 11.3 Å². The summed E-state index contributed by atoms with van der Waals surface area (Å²) in [4.78, 5) is 16.7. The third-order valence-electron chi connectivity index (χ3n) is 4.13. The van der Waals surface area contributed by atoms with Crippen LogP contribution in [0.3, 0.4) is 0 Å². The van der Waals surface area contributed by atoms with Crippen molar-refractivity contribution in [1.29, 1.82) is 0 Å². The van der Waals surface area contributed by atoms with E-state index in [1.54, 1.807) is 14.2 Å². The van der Waals surface area contributed by atoms with Gasteiger partial charge < -0.3 is 19.5 Å². The number of nitrogens with zero attached hydrogens (tertiary/aromatic N) is 1. The molecular formula is C21H22N2O4. The number of rotatable bonds is 7.